The van der Waals surface area contributed by atoms with Gasteiger partial charge in [0.05, 0.1) is 12.5 Å². The molecule has 1 N–H and O–H groups in total. The third kappa shape index (κ3) is 5.41. The van der Waals surface area contributed by atoms with Crippen LogP contribution in [0.1, 0.15) is 31.7 Å². The van der Waals surface area contributed by atoms with Gasteiger partial charge in [0.2, 0.25) is 10.0 Å². The smallest absolute Gasteiger partial charge is 0.208 e. The largest absolute Gasteiger partial charge is 0.299 e. The molecule has 21 heavy (non-hydrogen) atoms. The number of likely N-dealkylation sites (tertiary alicyclic amines) is 1. The molecule has 120 valence electrons. The maximum Gasteiger partial charge on any atom is 0.208 e. The summed E-state index contributed by atoms with van der Waals surface area (Å²) in [6.45, 7) is 5.51. The van der Waals surface area contributed by atoms with Gasteiger partial charge in [-0.25, -0.2) is 13.1 Å². The van der Waals surface area contributed by atoms with Crippen LogP contribution in [0.5, 0.6) is 0 Å². The first-order chi connectivity index (χ1) is 9.98. The molecule has 6 nitrogen and oxygen atoms in total. The van der Waals surface area contributed by atoms with Gasteiger partial charge in [0.15, 0.2) is 0 Å². The average molecular weight is 314 g/mol. The van der Waals surface area contributed by atoms with Crippen molar-refractivity contribution in [2.24, 2.45) is 0 Å². The zero-order chi connectivity index (χ0) is 15.3. The Kier molecular flexibility index (Phi) is 5.78. The fourth-order valence-electron chi connectivity index (χ4n) is 2.81. The Labute approximate surface area is 127 Å². The minimum absolute atomic E-state index is 0.315. The fourth-order valence-corrected chi connectivity index (χ4v) is 3.31. The van der Waals surface area contributed by atoms with Gasteiger partial charge in [-0.3, -0.25) is 9.58 Å². The van der Waals surface area contributed by atoms with E-state index in [1.165, 1.54) is 24.7 Å². The van der Waals surface area contributed by atoms with Crippen LogP contribution in [0, 0.1) is 0 Å². The van der Waals surface area contributed by atoms with Crippen molar-refractivity contribution < 1.29 is 8.42 Å². The zero-order valence-electron chi connectivity index (χ0n) is 13.0. The number of aryl methyl sites for hydroxylation is 1. The Balaban J connectivity index is 1.86. The highest BCUT2D eigenvalue weighted by atomic mass is 32.2. The Morgan fingerprint density at radius 3 is 2.90 bits per heavy atom. The normalized spacial score (nSPS) is 20.8. The lowest BCUT2D eigenvalue weighted by Crippen LogP contribution is -2.47. The summed E-state index contributed by atoms with van der Waals surface area (Å²) in [5.74, 6) is 0. The van der Waals surface area contributed by atoms with Gasteiger partial charge in [-0.1, -0.05) is 6.42 Å². The summed E-state index contributed by atoms with van der Waals surface area (Å²) in [5.41, 5.74) is 1.25. The average Bonchev–Trinajstić information content (AvgIpc) is 2.91. The van der Waals surface area contributed by atoms with Crippen molar-refractivity contribution in [2.45, 2.75) is 45.2 Å². The molecular weight excluding hydrogens is 288 g/mol. The summed E-state index contributed by atoms with van der Waals surface area (Å²) in [6.07, 6.45) is 9.65. The molecule has 0 aromatic carbocycles. The van der Waals surface area contributed by atoms with E-state index >= 15 is 0 Å². The Morgan fingerprint density at radius 1 is 1.43 bits per heavy atom. The van der Waals surface area contributed by atoms with Crippen molar-refractivity contribution in [1.29, 1.82) is 0 Å². The summed E-state index contributed by atoms with van der Waals surface area (Å²) in [7, 11) is -3.10. The molecule has 0 aliphatic carbocycles. The lowest BCUT2D eigenvalue weighted by molar-refractivity contribution is 0.152. The van der Waals surface area contributed by atoms with Crippen molar-refractivity contribution in [3.63, 3.8) is 0 Å². The Hall–Kier alpha value is -0.920. The number of nitrogens with zero attached hydrogens (tertiary/aromatic N) is 3. The summed E-state index contributed by atoms with van der Waals surface area (Å²) in [5, 5.41) is 4.29. The number of piperidine rings is 1. The predicted octanol–water partition coefficient (Wildman–Crippen LogP) is 0.849. The molecular formula is C14H26N4O2S. The first-order valence-electron chi connectivity index (χ1n) is 7.68. The van der Waals surface area contributed by atoms with Crippen LogP contribution >= 0.6 is 0 Å². The van der Waals surface area contributed by atoms with Gasteiger partial charge in [0.1, 0.15) is 0 Å². The van der Waals surface area contributed by atoms with Crippen LogP contribution in [0.25, 0.3) is 0 Å². The van der Waals surface area contributed by atoms with Crippen molar-refractivity contribution in [1.82, 2.24) is 19.4 Å². The van der Waals surface area contributed by atoms with Crippen LogP contribution in [-0.4, -0.2) is 55.0 Å². The second-order valence-corrected chi connectivity index (χ2v) is 7.59. The van der Waals surface area contributed by atoms with E-state index in [2.05, 4.69) is 27.8 Å². The maximum absolute atomic E-state index is 11.3. The second kappa shape index (κ2) is 7.38. The molecule has 1 aromatic rings. The van der Waals surface area contributed by atoms with E-state index < -0.39 is 10.0 Å². The van der Waals surface area contributed by atoms with Gasteiger partial charge >= 0.3 is 0 Å². The van der Waals surface area contributed by atoms with Crippen LogP contribution in [0.15, 0.2) is 12.4 Å². The third-order valence-electron chi connectivity index (χ3n) is 4.03. The lowest BCUT2D eigenvalue weighted by atomic mass is 10.0. The first-order valence-corrected chi connectivity index (χ1v) is 9.57. The fraction of sp³-hybridized carbons (Fsp3) is 0.786. The molecule has 1 aliphatic heterocycles. The van der Waals surface area contributed by atoms with Crippen LogP contribution < -0.4 is 4.72 Å². The van der Waals surface area contributed by atoms with Crippen LogP contribution in [0.2, 0.25) is 0 Å². The van der Waals surface area contributed by atoms with Gasteiger partial charge in [0, 0.05) is 31.9 Å². The number of hydrogen-bond acceptors (Lipinski definition) is 4. The molecule has 0 bridgehead atoms. The monoisotopic (exact) mass is 314 g/mol. The Morgan fingerprint density at radius 2 is 2.24 bits per heavy atom. The molecule has 7 heteroatoms. The highest BCUT2D eigenvalue weighted by molar-refractivity contribution is 7.88. The van der Waals surface area contributed by atoms with Gasteiger partial charge in [-0.2, -0.15) is 5.10 Å². The molecule has 0 amide bonds. The van der Waals surface area contributed by atoms with Gasteiger partial charge in [0.25, 0.3) is 0 Å². The van der Waals surface area contributed by atoms with Crippen LogP contribution in [0.4, 0.5) is 0 Å². The first kappa shape index (κ1) is 16.5. The number of aromatic nitrogens is 2. The molecule has 0 radical (unpaired) electrons. The van der Waals surface area contributed by atoms with E-state index in [1.54, 1.807) is 0 Å². The molecule has 1 aromatic heterocycles. The minimum Gasteiger partial charge on any atom is -0.299 e. The third-order valence-corrected chi connectivity index (χ3v) is 4.72. The lowest BCUT2D eigenvalue weighted by Gasteiger charge is -2.35. The minimum atomic E-state index is -3.10. The molecule has 2 heterocycles. The van der Waals surface area contributed by atoms with Gasteiger partial charge in [-0.15, -0.1) is 0 Å². The van der Waals surface area contributed by atoms with Crippen molar-refractivity contribution in [2.75, 3.05) is 25.9 Å². The maximum atomic E-state index is 11.3. The highest BCUT2D eigenvalue weighted by Crippen LogP contribution is 2.17. The Bertz CT molecular complexity index is 541. The van der Waals surface area contributed by atoms with E-state index in [0.29, 0.717) is 12.6 Å². The van der Waals surface area contributed by atoms with Crippen molar-refractivity contribution >= 4 is 10.0 Å². The van der Waals surface area contributed by atoms with Crippen molar-refractivity contribution in [3.05, 3.63) is 18.0 Å². The topological polar surface area (TPSA) is 67.2 Å². The van der Waals surface area contributed by atoms with Crippen LogP contribution in [-0.2, 0) is 23.0 Å². The molecule has 1 aliphatic rings. The molecule has 0 spiro atoms. The quantitative estimate of drug-likeness (QED) is 0.810. The van der Waals surface area contributed by atoms with Crippen molar-refractivity contribution in [3.8, 4) is 0 Å². The SMILES string of the molecule is CCn1cc(CCN2CCCC[C@H]2CNS(C)(=O)=O)cn1. The van der Waals surface area contributed by atoms with E-state index in [9.17, 15) is 8.42 Å². The van der Waals surface area contributed by atoms with E-state index in [1.807, 2.05) is 10.9 Å². The summed E-state index contributed by atoms with van der Waals surface area (Å²) in [6, 6.07) is 0.315. The number of rotatable bonds is 7. The van der Waals surface area contributed by atoms with E-state index in [0.717, 1.165) is 32.5 Å². The number of hydrogen-bond donors (Lipinski definition) is 1. The standard InChI is InChI=1S/C14H26N4O2S/c1-3-18-12-13(10-15-18)7-9-17-8-5-4-6-14(17)11-16-21(2,19)20/h10,12,14,16H,3-9,11H2,1-2H3/t14-/m0/s1. The van der Waals surface area contributed by atoms with Crippen LogP contribution in [0.3, 0.4) is 0 Å². The summed E-state index contributed by atoms with van der Waals surface area (Å²) >= 11 is 0. The second-order valence-electron chi connectivity index (χ2n) is 5.76. The van der Waals surface area contributed by atoms with Gasteiger partial charge in [-0.05, 0) is 38.3 Å². The zero-order valence-corrected chi connectivity index (χ0v) is 13.8. The van der Waals surface area contributed by atoms with E-state index in [4.69, 9.17) is 0 Å². The summed E-state index contributed by atoms with van der Waals surface area (Å²) < 4.78 is 27.1. The molecule has 1 atom stereocenters. The molecule has 0 saturated carbocycles. The predicted molar refractivity (Wildman–Crippen MR) is 83.7 cm³/mol. The number of nitrogens with one attached hydrogen (secondary N) is 1. The number of sulfonamides is 1. The highest BCUT2D eigenvalue weighted by Gasteiger charge is 2.22. The molecule has 1 fully saturated rings. The van der Waals surface area contributed by atoms with Gasteiger partial charge < -0.3 is 0 Å². The molecule has 2 rings (SSSR count). The summed E-state index contributed by atoms with van der Waals surface area (Å²) in [4.78, 5) is 2.41. The molecule has 0 unspecified atom stereocenters. The van der Waals surface area contributed by atoms with E-state index in [-0.39, 0.29) is 0 Å². The molecule has 1 saturated heterocycles.